The summed E-state index contributed by atoms with van der Waals surface area (Å²) in [6, 6.07) is 4.04. The SMILES string of the molecule is CCn1cc(C(F)(F)F)cc2nc(-c3ncc(-c4cnc(C5CC5)nc4)cc3S(=O)(=O)CC)cc1-2. The molecule has 1 saturated carbocycles. The third kappa shape index (κ3) is 4.40. The summed E-state index contributed by atoms with van der Waals surface area (Å²) in [6.45, 7) is 3.53. The summed E-state index contributed by atoms with van der Waals surface area (Å²) in [6.07, 6.45) is 3.44. The molecule has 0 amide bonds. The monoisotopic (exact) mass is 501 g/mol. The summed E-state index contributed by atoms with van der Waals surface area (Å²) in [7, 11) is -3.73. The Morgan fingerprint density at radius 2 is 1.66 bits per heavy atom. The molecule has 2 aliphatic heterocycles. The molecule has 0 N–H and O–H groups in total. The van der Waals surface area contributed by atoms with Crippen LogP contribution in [0.25, 0.3) is 33.9 Å². The molecule has 0 atom stereocenters. The fourth-order valence-corrected chi connectivity index (χ4v) is 5.02. The number of aromatic nitrogens is 5. The molecule has 1 aliphatic carbocycles. The van der Waals surface area contributed by atoms with Gasteiger partial charge in [-0.2, -0.15) is 13.2 Å². The molecule has 2 aromatic rings. The van der Waals surface area contributed by atoms with Crippen molar-refractivity contribution in [2.45, 2.75) is 50.2 Å². The van der Waals surface area contributed by atoms with E-state index in [1.807, 2.05) is 0 Å². The molecule has 35 heavy (non-hydrogen) atoms. The van der Waals surface area contributed by atoms with Gasteiger partial charge in [0.1, 0.15) is 11.5 Å². The van der Waals surface area contributed by atoms with E-state index in [0.29, 0.717) is 22.7 Å². The number of hydrogen-bond donors (Lipinski definition) is 0. The zero-order valence-corrected chi connectivity index (χ0v) is 19.9. The second kappa shape index (κ2) is 8.40. The van der Waals surface area contributed by atoms with Crippen LogP contribution in [-0.2, 0) is 22.6 Å². The maximum atomic E-state index is 13.4. The van der Waals surface area contributed by atoms with Crippen molar-refractivity contribution in [3.05, 3.63) is 54.4 Å². The Labute approximate surface area is 200 Å². The first-order chi connectivity index (χ1) is 16.6. The Kier molecular flexibility index (Phi) is 5.62. The molecule has 0 radical (unpaired) electrons. The Hall–Kier alpha value is -3.34. The van der Waals surface area contributed by atoms with Gasteiger partial charge < -0.3 is 4.57 Å². The number of sulfone groups is 1. The second-order valence-corrected chi connectivity index (χ2v) is 10.7. The van der Waals surface area contributed by atoms with E-state index < -0.39 is 21.6 Å². The van der Waals surface area contributed by atoms with Gasteiger partial charge in [0.05, 0.1) is 33.3 Å². The maximum Gasteiger partial charge on any atom is 0.417 e. The van der Waals surface area contributed by atoms with Gasteiger partial charge in [-0.15, -0.1) is 0 Å². The second-order valence-electron chi connectivity index (χ2n) is 8.50. The van der Waals surface area contributed by atoms with E-state index in [0.717, 1.165) is 30.9 Å². The Balaban J connectivity index is 1.64. The molecule has 182 valence electrons. The summed E-state index contributed by atoms with van der Waals surface area (Å²) in [5.74, 6) is 0.993. The molecule has 0 bridgehead atoms. The van der Waals surface area contributed by atoms with Crippen LogP contribution in [0.4, 0.5) is 13.2 Å². The number of alkyl halides is 3. The van der Waals surface area contributed by atoms with Crippen molar-refractivity contribution >= 4 is 9.84 Å². The van der Waals surface area contributed by atoms with Crippen molar-refractivity contribution < 1.29 is 21.6 Å². The van der Waals surface area contributed by atoms with Crippen LogP contribution in [0, 0.1) is 0 Å². The van der Waals surface area contributed by atoms with Crippen LogP contribution in [-0.4, -0.2) is 38.7 Å². The van der Waals surface area contributed by atoms with Crippen molar-refractivity contribution in [3.8, 4) is 33.9 Å². The number of rotatable bonds is 6. The topological polar surface area (TPSA) is 90.6 Å². The minimum atomic E-state index is -4.53. The first-order valence-electron chi connectivity index (χ1n) is 11.2. The zero-order valence-electron chi connectivity index (χ0n) is 19.0. The smallest absolute Gasteiger partial charge is 0.346 e. The van der Waals surface area contributed by atoms with Gasteiger partial charge in [0, 0.05) is 48.4 Å². The van der Waals surface area contributed by atoms with Crippen LogP contribution in [0.1, 0.15) is 44.0 Å². The van der Waals surface area contributed by atoms with Crippen molar-refractivity contribution in [2.75, 3.05) is 5.75 Å². The predicted octanol–water partition coefficient (Wildman–Crippen LogP) is 5.22. The van der Waals surface area contributed by atoms with Crippen LogP contribution in [0.2, 0.25) is 0 Å². The largest absolute Gasteiger partial charge is 0.417 e. The summed E-state index contributed by atoms with van der Waals surface area (Å²) in [4.78, 5) is 17.5. The van der Waals surface area contributed by atoms with E-state index in [-0.39, 0.29) is 34.3 Å². The van der Waals surface area contributed by atoms with Gasteiger partial charge in [0.15, 0.2) is 9.84 Å². The molecule has 1 fully saturated rings. The van der Waals surface area contributed by atoms with Crippen molar-refractivity contribution in [2.24, 2.45) is 0 Å². The lowest BCUT2D eigenvalue weighted by Gasteiger charge is -2.14. The summed E-state index contributed by atoms with van der Waals surface area (Å²) in [5, 5.41) is 0. The third-order valence-electron chi connectivity index (χ3n) is 6.10. The average Bonchev–Trinajstić information content (AvgIpc) is 3.60. The Bertz CT molecular complexity index is 1480. The molecule has 2 aromatic heterocycles. The molecule has 4 heterocycles. The summed E-state index contributed by atoms with van der Waals surface area (Å²) >= 11 is 0. The first-order valence-corrected chi connectivity index (χ1v) is 12.9. The molecular weight excluding hydrogens is 479 g/mol. The third-order valence-corrected chi connectivity index (χ3v) is 7.84. The van der Waals surface area contributed by atoms with E-state index in [9.17, 15) is 21.6 Å². The van der Waals surface area contributed by atoms with Crippen LogP contribution in [0.5, 0.6) is 0 Å². The Morgan fingerprint density at radius 1 is 0.971 bits per heavy atom. The fourth-order valence-electron chi connectivity index (χ4n) is 3.95. The zero-order chi connectivity index (χ0) is 25.0. The highest BCUT2D eigenvalue weighted by Crippen LogP contribution is 2.39. The molecule has 3 aliphatic rings. The Morgan fingerprint density at radius 3 is 2.26 bits per heavy atom. The minimum absolute atomic E-state index is 0.0364. The van der Waals surface area contributed by atoms with E-state index >= 15 is 0 Å². The molecule has 5 rings (SSSR count). The minimum Gasteiger partial charge on any atom is -0.346 e. The van der Waals surface area contributed by atoms with Gasteiger partial charge >= 0.3 is 6.18 Å². The number of pyridine rings is 2. The maximum absolute atomic E-state index is 13.4. The number of aryl methyl sites for hydroxylation is 1. The molecule has 0 saturated heterocycles. The molecule has 7 nitrogen and oxygen atoms in total. The molecule has 0 unspecified atom stereocenters. The quantitative estimate of drug-likeness (QED) is 0.360. The highest BCUT2D eigenvalue weighted by Gasteiger charge is 2.33. The van der Waals surface area contributed by atoms with Crippen molar-refractivity contribution in [1.29, 1.82) is 0 Å². The molecular formula is C24H22F3N5O2S. The highest BCUT2D eigenvalue weighted by atomic mass is 32.2. The van der Waals surface area contributed by atoms with Crippen LogP contribution >= 0.6 is 0 Å². The van der Waals surface area contributed by atoms with Gasteiger partial charge in [-0.25, -0.2) is 23.4 Å². The first kappa shape index (κ1) is 23.4. The lowest BCUT2D eigenvalue weighted by Crippen LogP contribution is -2.10. The van der Waals surface area contributed by atoms with E-state index in [2.05, 4.69) is 19.9 Å². The van der Waals surface area contributed by atoms with Gasteiger partial charge in [0.2, 0.25) is 0 Å². The van der Waals surface area contributed by atoms with Crippen molar-refractivity contribution in [1.82, 2.24) is 24.5 Å². The van der Waals surface area contributed by atoms with E-state index in [1.165, 1.54) is 23.8 Å². The molecule has 11 heteroatoms. The van der Waals surface area contributed by atoms with Gasteiger partial charge in [-0.05, 0) is 38.0 Å². The van der Waals surface area contributed by atoms with Gasteiger partial charge in [0.25, 0.3) is 0 Å². The lowest BCUT2D eigenvalue weighted by molar-refractivity contribution is -0.138. The van der Waals surface area contributed by atoms with Gasteiger partial charge in [-0.1, -0.05) is 6.92 Å². The standard InChI is InChI=1S/C24H22F3N5O2S/c1-3-32-13-17(24(25,26)27)8-18-20(32)9-19(31-18)22-21(35(33,34)4-2)7-15(10-28-22)16-11-29-23(30-12-16)14-5-6-14/h7-14H,3-6H2,1-2H3. The van der Waals surface area contributed by atoms with Crippen molar-refractivity contribution in [3.63, 3.8) is 0 Å². The number of fused-ring (bicyclic) bond motifs is 1. The highest BCUT2D eigenvalue weighted by molar-refractivity contribution is 7.91. The summed E-state index contributed by atoms with van der Waals surface area (Å²) in [5.41, 5.74) is 1.20. The van der Waals surface area contributed by atoms with Crippen LogP contribution < -0.4 is 0 Å². The normalized spacial score (nSPS) is 14.5. The van der Waals surface area contributed by atoms with E-state index in [4.69, 9.17) is 0 Å². The summed E-state index contributed by atoms with van der Waals surface area (Å²) < 4.78 is 67.5. The van der Waals surface area contributed by atoms with E-state index in [1.54, 1.807) is 25.4 Å². The molecule has 0 spiro atoms. The lowest BCUT2D eigenvalue weighted by atomic mass is 10.1. The van der Waals surface area contributed by atoms with Crippen LogP contribution in [0.3, 0.4) is 0 Å². The van der Waals surface area contributed by atoms with Gasteiger partial charge in [-0.3, -0.25) is 4.98 Å². The van der Waals surface area contributed by atoms with Crippen LogP contribution in [0.15, 0.2) is 47.9 Å². The number of nitrogens with zero attached hydrogens (tertiary/aromatic N) is 5. The fraction of sp³-hybridized carbons (Fsp3) is 0.333. The molecule has 0 aromatic carbocycles. The number of hydrogen-bond acceptors (Lipinski definition) is 6. The predicted molar refractivity (Wildman–Crippen MR) is 123 cm³/mol. The number of halogens is 3. The average molecular weight is 502 g/mol.